The number of methoxy groups -OCH3 is 3. The van der Waals surface area contributed by atoms with Crippen molar-refractivity contribution >= 4 is 28.3 Å². The van der Waals surface area contributed by atoms with Crippen LogP contribution in [0.25, 0.3) is 10.9 Å². The zero-order valence-corrected chi connectivity index (χ0v) is 18.2. The molecule has 168 valence electrons. The molecule has 0 atom stereocenters. The molecule has 0 aliphatic carbocycles. The predicted octanol–water partition coefficient (Wildman–Crippen LogP) is 4.82. The molecule has 0 aliphatic heterocycles. The SMILES string of the molecule is COc1cc(C(=O)Nc2c(C(=O)c3ccc(F)cc3)[nH]c3ccccc23)cc(OC)c1OC. The third-order valence-corrected chi connectivity index (χ3v) is 5.20. The van der Waals surface area contributed by atoms with E-state index in [9.17, 15) is 14.0 Å². The van der Waals surface area contributed by atoms with E-state index in [1.54, 1.807) is 18.2 Å². The molecule has 7 nitrogen and oxygen atoms in total. The number of amides is 1. The summed E-state index contributed by atoms with van der Waals surface area (Å²) in [5.74, 6) is -0.305. The van der Waals surface area contributed by atoms with E-state index < -0.39 is 11.7 Å². The summed E-state index contributed by atoms with van der Waals surface area (Å²) in [4.78, 5) is 29.5. The lowest BCUT2D eigenvalue weighted by molar-refractivity contribution is 0.102. The molecular formula is C25H21FN2O5. The van der Waals surface area contributed by atoms with Crippen LogP contribution in [-0.4, -0.2) is 38.0 Å². The van der Waals surface area contributed by atoms with E-state index in [-0.39, 0.29) is 22.6 Å². The second kappa shape index (κ2) is 9.04. The number of fused-ring (bicyclic) bond motifs is 1. The van der Waals surface area contributed by atoms with Crippen molar-refractivity contribution in [3.63, 3.8) is 0 Å². The average Bonchev–Trinajstić information content (AvgIpc) is 3.21. The number of rotatable bonds is 7. The summed E-state index contributed by atoms with van der Waals surface area (Å²) in [5, 5.41) is 3.49. The summed E-state index contributed by atoms with van der Waals surface area (Å²) in [7, 11) is 4.38. The Morgan fingerprint density at radius 3 is 2.09 bits per heavy atom. The number of nitrogens with one attached hydrogen (secondary N) is 2. The van der Waals surface area contributed by atoms with Gasteiger partial charge in [-0.15, -0.1) is 0 Å². The number of halogens is 1. The van der Waals surface area contributed by atoms with Gasteiger partial charge >= 0.3 is 0 Å². The maximum Gasteiger partial charge on any atom is 0.256 e. The van der Waals surface area contributed by atoms with Gasteiger partial charge in [0.1, 0.15) is 11.5 Å². The summed E-state index contributed by atoms with van der Waals surface area (Å²) in [6, 6.07) is 15.5. The van der Waals surface area contributed by atoms with Crippen molar-refractivity contribution in [2.45, 2.75) is 0 Å². The van der Waals surface area contributed by atoms with Gasteiger partial charge in [-0.1, -0.05) is 18.2 Å². The molecule has 0 saturated heterocycles. The van der Waals surface area contributed by atoms with Crippen LogP contribution in [0.4, 0.5) is 10.1 Å². The van der Waals surface area contributed by atoms with Gasteiger partial charge < -0.3 is 24.5 Å². The summed E-state index contributed by atoms with van der Waals surface area (Å²) in [6.07, 6.45) is 0. The lowest BCUT2D eigenvalue weighted by Gasteiger charge is -2.14. The molecule has 0 unspecified atom stereocenters. The Labute approximate surface area is 189 Å². The largest absolute Gasteiger partial charge is 0.493 e. The number of anilines is 1. The fraction of sp³-hybridized carbons (Fsp3) is 0.120. The van der Waals surface area contributed by atoms with Gasteiger partial charge in [0.2, 0.25) is 11.5 Å². The second-order valence-electron chi connectivity index (χ2n) is 7.12. The van der Waals surface area contributed by atoms with Gasteiger partial charge in [-0.05, 0) is 42.5 Å². The third-order valence-electron chi connectivity index (χ3n) is 5.20. The number of hydrogen-bond acceptors (Lipinski definition) is 5. The van der Waals surface area contributed by atoms with Gasteiger partial charge in [0.05, 0.1) is 27.0 Å². The van der Waals surface area contributed by atoms with Crippen LogP contribution in [0.1, 0.15) is 26.4 Å². The highest BCUT2D eigenvalue weighted by Crippen LogP contribution is 2.38. The molecule has 1 aromatic heterocycles. The second-order valence-corrected chi connectivity index (χ2v) is 7.12. The first-order valence-corrected chi connectivity index (χ1v) is 9.99. The minimum Gasteiger partial charge on any atom is -0.493 e. The molecule has 0 fully saturated rings. The van der Waals surface area contributed by atoms with Crippen molar-refractivity contribution in [1.82, 2.24) is 4.98 Å². The molecule has 33 heavy (non-hydrogen) atoms. The fourth-order valence-electron chi connectivity index (χ4n) is 3.59. The summed E-state index contributed by atoms with van der Waals surface area (Å²) < 4.78 is 29.3. The number of aromatic amines is 1. The normalized spacial score (nSPS) is 10.7. The van der Waals surface area contributed by atoms with Crippen LogP contribution in [0, 0.1) is 5.82 Å². The highest BCUT2D eigenvalue weighted by molar-refractivity contribution is 6.20. The quantitative estimate of drug-likeness (QED) is 0.396. The molecule has 0 aliphatic rings. The zero-order chi connectivity index (χ0) is 23.5. The summed E-state index contributed by atoms with van der Waals surface area (Å²) >= 11 is 0. The first-order valence-electron chi connectivity index (χ1n) is 9.99. The molecule has 1 amide bonds. The molecule has 2 N–H and O–H groups in total. The van der Waals surface area contributed by atoms with Crippen LogP contribution in [0.3, 0.4) is 0 Å². The van der Waals surface area contributed by atoms with Gasteiger partial charge in [-0.3, -0.25) is 9.59 Å². The lowest BCUT2D eigenvalue weighted by Crippen LogP contribution is -2.15. The van der Waals surface area contributed by atoms with Crippen molar-refractivity contribution in [2.75, 3.05) is 26.6 Å². The minimum atomic E-state index is -0.479. The molecule has 3 aromatic carbocycles. The van der Waals surface area contributed by atoms with Crippen molar-refractivity contribution in [3.05, 3.63) is 83.3 Å². The van der Waals surface area contributed by atoms with E-state index >= 15 is 0 Å². The van der Waals surface area contributed by atoms with Crippen LogP contribution >= 0.6 is 0 Å². The number of carbonyl (C=O) groups is 2. The highest BCUT2D eigenvalue weighted by Gasteiger charge is 2.23. The smallest absolute Gasteiger partial charge is 0.256 e. The van der Waals surface area contributed by atoms with Gasteiger partial charge in [0.25, 0.3) is 5.91 Å². The highest BCUT2D eigenvalue weighted by atomic mass is 19.1. The Morgan fingerprint density at radius 1 is 0.848 bits per heavy atom. The van der Waals surface area contributed by atoms with Crippen LogP contribution in [0.5, 0.6) is 17.2 Å². The fourth-order valence-corrected chi connectivity index (χ4v) is 3.59. The van der Waals surface area contributed by atoms with E-state index in [0.29, 0.717) is 33.8 Å². The van der Waals surface area contributed by atoms with Gasteiger partial charge in [0.15, 0.2) is 11.5 Å². The standard InChI is InChI=1S/C25H21FN2O5/c1-31-19-12-15(13-20(32-2)24(19)33-3)25(30)28-21-17-6-4-5-7-18(17)27-22(21)23(29)14-8-10-16(26)11-9-14/h4-13,27H,1-3H3,(H,28,30). The van der Waals surface area contributed by atoms with Crippen molar-refractivity contribution in [3.8, 4) is 17.2 Å². The first kappa shape index (κ1) is 21.9. The number of hydrogen-bond donors (Lipinski definition) is 2. The van der Waals surface area contributed by atoms with Crippen LogP contribution in [0.2, 0.25) is 0 Å². The predicted molar refractivity (Wildman–Crippen MR) is 122 cm³/mol. The number of ether oxygens (including phenoxy) is 3. The molecule has 0 radical (unpaired) electrons. The maximum atomic E-state index is 13.3. The molecule has 4 rings (SSSR count). The number of carbonyl (C=O) groups excluding carboxylic acids is 2. The monoisotopic (exact) mass is 448 g/mol. The number of ketones is 1. The Morgan fingerprint density at radius 2 is 1.48 bits per heavy atom. The Balaban J connectivity index is 1.77. The van der Waals surface area contributed by atoms with Crippen molar-refractivity contribution in [1.29, 1.82) is 0 Å². The molecule has 4 aromatic rings. The number of para-hydroxylation sites is 1. The van der Waals surface area contributed by atoms with E-state index in [0.717, 1.165) is 0 Å². The Bertz CT molecular complexity index is 1320. The molecular weight excluding hydrogens is 427 g/mol. The van der Waals surface area contributed by atoms with Crippen molar-refractivity contribution < 1.29 is 28.2 Å². The summed E-state index contributed by atoms with van der Waals surface area (Å²) in [6.45, 7) is 0. The summed E-state index contributed by atoms with van der Waals surface area (Å²) in [5.41, 5.74) is 1.70. The number of aromatic nitrogens is 1. The van der Waals surface area contributed by atoms with Gasteiger partial charge in [-0.25, -0.2) is 4.39 Å². The molecule has 0 bridgehead atoms. The minimum absolute atomic E-state index is 0.184. The van der Waals surface area contributed by atoms with E-state index in [1.165, 1.54) is 57.7 Å². The number of H-pyrrole nitrogens is 1. The van der Waals surface area contributed by atoms with E-state index in [2.05, 4.69) is 10.3 Å². The van der Waals surface area contributed by atoms with Crippen LogP contribution in [0.15, 0.2) is 60.7 Å². The van der Waals surface area contributed by atoms with Crippen LogP contribution < -0.4 is 19.5 Å². The number of benzene rings is 3. The Kier molecular flexibility index (Phi) is 5.99. The topological polar surface area (TPSA) is 89.7 Å². The van der Waals surface area contributed by atoms with E-state index in [1.807, 2.05) is 6.07 Å². The van der Waals surface area contributed by atoms with Crippen molar-refractivity contribution in [2.24, 2.45) is 0 Å². The first-order chi connectivity index (χ1) is 16.0. The Hall–Kier alpha value is -4.33. The third kappa shape index (κ3) is 4.10. The molecule has 0 spiro atoms. The average molecular weight is 448 g/mol. The van der Waals surface area contributed by atoms with E-state index in [4.69, 9.17) is 14.2 Å². The molecule has 0 saturated carbocycles. The molecule has 8 heteroatoms. The zero-order valence-electron chi connectivity index (χ0n) is 18.2. The molecule has 1 heterocycles. The van der Waals surface area contributed by atoms with Gasteiger partial charge in [0, 0.05) is 22.0 Å². The maximum absolute atomic E-state index is 13.3. The van der Waals surface area contributed by atoms with Gasteiger partial charge in [-0.2, -0.15) is 0 Å². The van der Waals surface area contributed by atoms with Crippen LogP contribution in [-0.2, 0) is 0 Å². The lowest BCUT2D eigenvalue weighted by atomic mass is 10.1.